The van der Waals surface area contributed by atoms with Crippen molar-refractivity contribution in [1.82, 2.24) is 18.9 Å². The standard InChI is InChI=1S/C22H15N5O4S/c1-31-20-8-6-13(10-18(20)27(29)30)26-21(24-17-12-32-25-22(17)26)9-7-19(28)15-11-23-16-5-3-2-4-14(15)16/h2-12,23H,1H3. The fraction of sp³-hybridized carbons (Fsp3) is 0.0455. The lowest BCUT2D eigenvalue weighted by atomic mass is 10.1. The summed E-state index contributed by atoms with van der Waals surface area (Å²) in [4.78, 5) is 31.5. The van der Waals surface area contributed by atoms with E-state index in [1.54, 1.807) is 28.3 Å². The van der Waals surface area contributed by atoms with Gasteiger partial charge in [0, 0.05) is 34.1 Å². The van der Waals surface area contributed by atoms with Crippen molar-refractivity contribution in [3.63, 3.8) is 0 Å². The molecule has 0 amide bonds. The van der Waals surface area contributed by atoms with Gasteiger partial charge in [-0.2, -0.15) is 4.37 Å². The van der Waals surface area contributed by atoms with Gasteiger partial charge in [0.1, 0.15) is 11.3 Å². The Bertz CT molecular complexity index is 1530. The number of carbonyl (C=O) groups excluding carboxylic acids is 1. The first-order valence-corrected chi connectivity index (χ1v) is 10.3. The first-order valence-electron chi connectivity index (χ1n) is 9.51. The van der Waals surface area contributed by atoms with Crippen molar-refractivity contribution >= 4 is 51.1 Å². The van der Waals surface area contributed by atoms with E-state index in [0.29, 0.717) is 28.2 Å². The average Bonchev–Trinajstić information content (AvgIpc) is 3.51. The molecular formula is C22H15N5O4S. The van der Waals surface area contributed by atoms with E-state index in [2.05, 4.69) is 14.3 Å². The van der Waals surface area contributed by atoms with Gasteiger partial charge in [0.2, 0.25) is 0 Å². The maximum absolute atomic E-state index is 12.9. The van der Waals surface area contributed by atoms with Crippen LogP contribution in [0.5, 0.6) is 5.75 Å². The van der Waals surface area contributed by atoms with Crippen molar-refractivity contribution in [2.75, 3.05) is 7.11 Å². The minimum atomic E-state index is -0.506. The number of rotatable bonds is 6. The monoisotopic (exact) mass is 445 g/mol. The van der Waals surface area contributed by atoms with Gasteiger partial charge >= 0.3 is 5.69 Å². The summed E-state index contributed by atoms with van der Waals surface area (Å²) in [5, 5.41) is 14.1. The molecule has 5 rings (SSSR count). The average molecular weight is 445 g/mol. The molecule has 3 heterocycles. The highest BCUT2D eigenvalue weighted by molar-refractivity contribution is 7.04. The molecule has 9 nitrogen and oxygen atoms in total. The summed E-state index contributed by atoms with van der Waals surface area (Å²) < 4.78 is 11.1. The third-order valence-corrected chi connectivity index (χ3v) is 5.67. The molecule has 0 saturated heterocycles. The Balaban J connectivity index is 1.58. The number of nitro benzene ring substituents is 1. The van der Waals surface area contributed by atoms with Crippen molar-refractivity contribution < 1.29 is 14.5 Å². The van der Waals surface area contributed by atoms with Crippen LogP contribution in [0.1, 0.15) is 16.2 Å². The van der Waals surface area contributed by atoms with E-state index in [4.69, 9.17) is 4.74 Å². The summed E-state index contributed by atoms with van der Waals surface area (Å²) in [6.45, 7) is 0. The third kappa shape index (κ3) is 3.22. The molecule has 2 aromatic carbocycles. The molecule has 0 saturated carbocycles. The van der Waals surface area contributed by atoms with E-state index >= 15 is 0 Å². The lowest BCUT2D eigenvalue weighted by Crippen LogP contribution is -2.01. The second kappa shape index (κ2) is 7.75. The number of para-hydroxylation sites is 1. The van der Waals surface area contributed by atoms with Crippen molar-refractivity contribution in [2.45, 2.75) is 0 Å². The number of allylic oxidation sites excluding steroid dienone is 1. The fourth-order valence-corrected chi connectivity index (χ4v) is 4.17. The molecule has 1 N–H and O–H groups in total. The topological polar surface area (TPSA) is 116 Å². The van der Waals surface area contributed by atoms with E-state index in [9.17, 15) is 14.9 Å². The van der Waals surface area contributed by atoms with Crippen LogP contribution in [-0.4, -0.2) is 36.7 Å². The Morgan fingerprint density at radius 3 is 2.94 bits per heavy atom. The molecule has 5 aromatic rings. The van der Waals surface area contributed by atoms with Gasteiger partial charge in [-0.25, -0.2) is 4.98 Å². The number of nitro groups is 1. The molecule has 158 valence electrons. The zero-order valence-corrected chi connectivity index (χ0v) is 17.5. The van der Waals surface area contributed by atoms with Crippen molar-refractivity contribution in [2.24, 2.45) is 0 Å². The predicted octanol–water partition coefficient (Wildman–Crippen LogP) is 4.78. The minimum absolute atomic E-state index is 0.153. The van der Waals surface area contributed by atoms with Crippen LogP contribution in [0.3, 0.4) is 0 Å². The lowest BCUT2D eigenvalue weighted by molar-refractivity contribution is -0.385. The molecule has 32 heavy (non-hydrogen) atoms. The molecule has 0 aliphatic heterocycles. The summed E-state index contributed by atoms with van der Waals surface area (Å²) >= 11 is 1.23. The number of nitrogens with zero attached hydrogens (tertiary/aromatic N) is 4. The number of fused-ring (bicyclic) bond motifs is 2. The quantitative estimate of drug-likeness (QED) is 0.174. The fourth-order valence-electron chi connectivity index (χ4n) is 3.58. The van der Waals surface area contributed by atoms with Crippen LogP contribution < -0.4 is 4.74 Å². The van der Waals surface area contributed by atoms with Crippen LogP contribution in [0, 0.1) is 10.1 Å². The summed E-state index contributed by atoms with van der Waals surface area (Å²) in [6, 6.07) is 12.2. The lowest BCUT2D eigenvalue weighted by Gasteiger charge is -2.08. The van der Waals surface area contributed by atoms with Gasteiger partial charge in [-0.05, 0) is 41.9 Å². The number of benzene rings is 2. The van der Waals surface area contributed by atoms with E-state index < -0.39 is 4.92 Å². The SMILES string of the molecule is COc1ccc(-n2c(C=CC(=O)c3c[nH]c4ccccc34)nc3csnc32)cc1[N+](=O)[O-]. The largest absolute Gasteiger partial charge is 0.490 e. The smallest absolute Gasteiger partial charge is 0.313 e. The molecule has 0 unspecified atom stereocenters. The number of aromatic amines is 1. The van der Waals surface area contributed by atoms with E-state index in [-0.39, 0.29) is 17.2 Å². The first-order chi connectivity index (χ1) is 15.6. The van der Waals surface area contributed by atoms with E-state index in [1.807, 2.05) is 24.3 Å². The van der Waals surface area contributed by atoms with Crippen molar-refractivity contribution in [1.29, 1.82) is 0 Å². The molecule has 0 aliphatic rings. The second-order valence-corrected chi connectivity index (χ2v) is 7.52. The van der Waals surface area contributed by atoms with Crippen LogP contribution in [0.4, 0.5) is 5.69 Å². The number of hydrogen-bond acceptors (Lipinski definition) is 7. The number of aromatic nitrogens is 4. The number of ether oxygens (including phenoxy) is 1. The van der Waals surface area contributed by atoms with Crippen molar-refractivity contribution in [3.8, 4) is 11.4 Å². The highest BCUT2D eigenvalue weighted by atomic mass is 32.1. The van der Waals surface area contributed by atoms with Crippen LogP contribution >= 0.6 is 11.5 Å². The van der Waals surface area contributed by atoms with Crippen LogP contribution in [0.15, 0.2) is 60.1 Å². The summed E-state index contributed by atoms with van der Waals surface area (Å²) in [5.41, 5.74) is 2.92. The van der Waals surface area contributed by atoms with Gasteiger partial charge in [-0.1, -0.05) is 18.2 Å². The third-order valence-electron chi connectivity index (χ3n) is 5.06. The van der Waals surface area contributed by atoms with Gasteiger partial charge in [0.15, 0.2) is 17.2 Å². The first kappa shape index (κ1) is 19.6. The van der Waals surface area contributed by atoms with E-state index in [0.717, 1.165) is 10.9 Å². The van der Waals surface area contributed by atoms with Crippen LogP contribution in [0.25, 0.3) is 33.8 Å². The number of H-pyrrole nitrogens is 1. The van der Waals surface area contributed by atoms with Crippen LogP contribution in [-0.2, 0) is 0 Å². The van der Waals surface area contributed by atoms with Gasteiger partial charge < -0.3 is 9.72 Å². The number of nitrogens with one attached hydrogen (secondary N) is 1. The van der Waals surface area contributed by atoms with Gasteiger partial charge in [-0.15, -0.1) is 0 Å². The second-order valence-electron chi connectivity index (χ2n) is 6.89. The molecule has 0 spiro atoms. The Morgan fingerprint density at radius 2 is 2.12 bits per heavy atom. The number of hydrogen-bond donors (Lipinski definition) is 1. The molecule has 0 atom stereocenters. The van der Waals surface area contributed by atoms with Crippen molar-refractivity contribution in [3.05, 3.63) is 81.6 Å². The summed E-state index contributed by atoms with van der Waals surface area (Å²) in [6.07, 6.45) is 4.71. The molecule has 0 fully saturated rings. The maximum Gasteiger partial charge on any atom is 0.313 e. The van der Waals surface area contributed by atoms with Gasteiger partial charge in [0.05, 0.1) is 17.7 Å². The van der Waals surface area contributed by atoms with Gasteiger partial charge in [0.25, 0.3) is 0 Å². The number of carbonyl (C=O) groups is 1. The number of ketones is 1. The Hall–Kier alpha value is -4.31. The Kier molecular flexibility index (Phi) is 4.75. The molecular weight excluding hydrogens is 430 g/mol. The summed E-state index contributed by atoms with van der Waals surface area (Å²) in [5.74, 6) is 0.399. The molecule has 10 heteroatoms. The minimum Gasteiger partial charge on any atom is -0.490 e. The number of imidazole rings is 1. The number of methoxy groups -OCH3 is 1. The normalized spacial score (nSPS) is 11.5. The zero-order valence-electron chi connectivity index (χ0n) is 16.7. The maximum atomic E-state index is 12.9. The molecule has 0 aliphatic carbocycles. The highest BCUT2D eigenvalue weighted by Crippen LogP contribution is 2.31. The van der Waals surface area contributed by atoms with E-state index in [1.165, 1.54) is 36.9 Å². The highest BCUT2D eigenvalue weighted by Gasteiger charge is 2.20. The molecule has 0 radical (unpaired) electrons. The predicted molar refractivity (Wildman–Crippen MR) is 122 cm³/mol. The molecule has 0 bridgehead atoms. The Morgan fingerprint density at radius 1 is 1.28 bits per heavy atom. The molecule has 3 aromatic heterocycles. The summed E-state index contributed by atoms with van der Waals surface area (Å²) in [7, 11) is 1.38. The van der Waals surface area contributed by atoms with Gasteiger partial charge in [-0.3, -0.25) is 19.5 Å². The van der Waals surface area contributed by atoms with Crippen LogP contribution in [0.2, 0.25) is 0 Å². The Labute approximate surface area is 184 Å². The zero-order chi connectivity index (χ0) is 22.2.